The first kappa shape index (κ1) is 8.63. The Morgan fingerprint density at radius 2 is 2.08 bits per heavy atom. The van der Waals surface area contributed by atoms with Gasteiger partial charge in [-0.2, -0.15) is 0 Å². The van der Waals surface area contributed by atoms with Crippen molar-refractivity contribution in [2.24, 2.45) is 11.7 Å². The summed E-state index contributed by atoms with van der Waals surface area (Å²) in [6, 6.07) is 1.85. The minimum Gasteiger partial charge on any atom is -0.330 e. The van der Waals surface area contributed by atoms with E-state index in [0.717, 1.165) is 11.7 Å². The van der Waals surface area contributed by atoms with Crippen LogP contribution in [-0.2, 0) is 0 Å². The van der Waals surface area contributed by atoms with Gasteiger partial charge in [-0.25, -0.2) is 9.97 Å². The van der Waals surface area contributed by atoms with Crippen LogP contribution in [0.15, 0.2) is 18.5 Å². The lowest BCUT2D eigenvalue weighted by Crippen LogP contribution is -2.27. The number of rotatable bonds is 3. The molecule has 1 aliphatic rings. The summed E-state index contributed by atoms with van der Waals surface area (Å²) in [5.74, 6) is 2.04. The highest BCUT2D eigenvalue weighted by atomic mass is 14.9. The van der Waals surface area contributed by atoms with E-state index in [1.807, 2.05) is 6.07 Å². The Labute approximate surface area is 78.4 Å². The summed E-state index contributed by atoms with van der Waals surface area (Å²) in [5, 5.41) is 0. The second-order valence-corrected chi connectivity index (χ2v) is 3.64. The van der Waals surface area contributed by atoms with Crippen molar-refractivity contribution < 1.29 is 0 Å². The lowest BCUT2D eigenvalue weighted by atomic mass is 9.75. The molecular weight excluding hydrogens is 162 g/mol. The van der Waals surface area contributed by atoms with Gasteiger partial charge >= 0.3 is 0 Å². The van der Waals surface area contributed by atoms with Gasteiger partial charge in [-0.15, -0.1) is 0 Å². The molecule has 3 heteroatoms. The third-order valence-corrected chi connectivity index (χ3v) is 2.89. The number of hydrogen-bond acceptors (Lipinski definition) is 3. The van der Waals surface area contributed by atoms with Gasteiger partial charge in [-0.3, -0.25) is 0 Å². The molecule has 1 fully saturated rings. The van der Waals surface area contributed by atoms with Crippen LogP contribution in [0.3, 0.4) is 0 Å². The van der Waals surface area contributed by atoms with Crippen LogP contribution in [0.1, 0.15) is 31.0 Å². The smallest absolute Gasteiger partial charge is 0.132 e. The Bertz CT molecular complexity index is 256. The quantitative estimate of drug-likeness (QED) is 0.757. The van der Waals surface area contributed by atoms with E-state index >= 15 is 0 Å². The summed E-state index contributed by atoms with van der Waals surface area (Å²) in [6.45, 7) is 0.675. The molecule has 1 heterocycles. The minimum absolute atomic E-state index is 0.384. The molecule has 13 heavy (non-hydrogen) atoms. The van der Waals surface area contributed by atoms with Crippen molar-refractivity contribution in [2.45, 2.75) is 25.2 Å². The summed E-state index contributed by atoms with van der Waals surface area (Å²) < 4.78 is 0. The van der Waals surface area contributed by atoms with Gasteiger partial charge in [0.2, 0.25) is 0 Å². The van der Waals surface area contributed by atoms with Crippen LogP contribution in [0.25, 0.3) is 0 Å². The van der Waals surface area contributed by atoms with Crippen molar-refractivity contribution in [3.63, 3.8) is 0 Å². The highest BCUT2D eigenvalue weighted by Gasteiger charge is 2.28. The fourth-order valence-electron chi connectivity index (χ4n) is 1.85. The van der Waals surface area contributed by atoms with E-state index in [2.05, 4.69) is 9.97 Å². The van der Waals surface area contributed by atoms with Crippen molar-refractivity contribution in [2.75, 3.05) is 6.54 Å². The third kappa shape index (κ3) is 1.70. The average molecular weight is 177 g/mol. The van der Waals surface area contributed by atoms with Crippen LogP contribution < -0.4 is 5.73 Å². The first-order valence-corrected chi connectivity index (χ1v) is 4.89. The Morgan fingerprint density at radius 3 is 2.54 bits per heavy atom. The summed E-state index contributed by atoms with van der Waals surface area (Å²) in [4.78, 5) is 8.52. The van der Waals surface area contributed by atoms with Crippen LogP contribution in [0.5, 0.6) is 0 Å². The maximum absolute atomic E-state index is 5.74. The number of aromatic nitrogens is 2. The van der Waals surface area contributed by atoms with E-state index in [1.165, 1.54) is 19.3 Å². The van der Waals surface area contributed by atoms with E-state index in [-0.39, 0.29) is 0 Å². The van der Waals surface area contributed by atoms with Crippen LogP contribution in [-0.4, -0.2) is 16.5 Å². The van der Waals surface area contributed by atoms with Gasteiger partial charge in [0.25, 0.3) is 0 Å². The molecule has 1 aromatic rings. The highest BCUT2D eigenvalue weighted by molar-refractivity contribution is 5.02. The molecule has 0 aliphatic heterocycles. The fraction of sp³-hybridized carbons (Fsp3) is 0.600. The van der Waals surface area contributed by atoms with E-state index < -0.39 is 0 Å². The molecule has 0 saturated heterocycles. The Hall–Kier alpha value is -0.960. The Morgan fingerprint density at radius 1 is 1.38 bits per heavy atom. The Balaban J connectivity index is 2.12. The SMILES string of the molecule is NCC(c1ncccn1)C1CCC1. The maximum Gasteiger partial charge on any atom is 0.132 e. The van der Waals surface area contributed by atoms with Crippen molar-refractivity contribution >= 4 is 0 Å². The van der Waals surface area contributed by atoms with Crippen molar-refractivity contribution in [1.29, 1.82) is 0 Å². The fourth-order valence-corrected chi connectivity index (χ4v) is 1.85. The van der Waals surface area contributed by atoms with Gasteiger partial charge in [0.15, 0.2) is 0 Å². The summed E-state index contributed by atoms with van der Waals surface area (Å²) in [7, 11) is 0. The van der Waals surface area contributed by atoms with Gasteiger partial charge in [0.1, 0.15) is 5.82 Å². The second kappa shape index (κ2) is 3.83. The minimum atomic E-state index is 0.384. The van der Waals surface area contributed by atoms with Crippen molar-refractivity contribution in [3.8, 4) is 0 Å². The van der Waals surface area contributed by atoms with Gasteiger partial charge in [0.05, 0.1) is 0 Å². The summed E-state index contributed by atoms with van der Waals surface area (Å²) in [6.07, 6.45) is 7.52. The lowest BCUT2D eigenvalue weighted by molar-refractivity contribution is 0.257. The lowest BCUT2D eigenvalue weighted by Gasteiger charge is -2.31. The zero-order valence-corrected chi connectivity index (χ0v) is 7.69. The van der Waals surface area contributed by atoms with Gasteiger partial charge in [-0.05, 0) is 24.8 Å². The van der Waals surface area contributed by atoms with Gasteiger partial charge in [-0.1, -0.05) is 6.42 Å². The molecule has 1 saturated carbocycles. The zero-order valence-electron chi connectivity index (χ0n) is 7.69. The number of hydrogen-bond donors (Lipinski definition) is 1. The van der Waals surface area contributed by atoms with Crippen LogP contribution >= 0.6 is 0 Å². The molecule has 2 N–H and O–H groups in total. The molecule has 1 aliphatic carbocycles. The molecule has 1 atom stereocenters. The predicted octanol–water partition coefficient (Wildman–Crippen LogP) is 1.32. The molecule has 0 spiro atoms. The molecule has 2 rings (SSSR count). The van der Waals surface area contributed by atoms with E-state index in [0.29, 0.717) is 12.5 Å². The molecule has 70 valence electrons. The second-order valence-electron chi connectivity index (χ2n) is 3.64. The topological polar surface area (TPSA) is 51.8 Å². The van der Waals surface area contributed by atoms with E-state index in [1.54, 1.807) is 12.4 Å². The number of nitrogens with zero attached hydrogens (tertiary/aromatic N) is 2. The van der Waals surface area contributed by atoms with E-state index in [9.17, 15) is 0 Å². The first-order chi connectivity index (χ1) is 6.42. The van der Waals surface area contributed by atoms with Gasteiger partial charge < -0.3 is 5.73 Å². The first-order valence-electron chi connectivity index (χ1n) is 4.89. The molecule has 0 amide bonds. The monoisotopic (exact) mass is 177 g/mol. The standard InChI is InChI=1S/C10H15N3/c11-7-9(8-3-1-4-8)10-12-5-2-6-13-10/h2,5-6,8-9H,1,3-4,7,11H2. The van der Waals surface area contributed by atoms with Crippen molar-refractivity contribution in [3.05, 3.63) is 24.3 Å². The number of nitrogens with two attached hydrogens (primary N) is 1. The largest absolute Gasteiger partial charge is 0.330 e. The van der Waals surface area contributed by atoms with Gasteiger partial charge in [0, 0.05) is 24.9 Å². The average Bonchev–Trinajstić information content (AvgIpc) is 2.12. The third-order valence-electron chi connectivity index (χ3n) is 2.89. The molecule has 0 radical (unpaired) electrons. The zero-order chi connectivity index (χ0) is 9.10. The highest BCUT2D eigenvalue weighted by Crippen LogP contribution is 2.37. The van der Waals surface area contributed by atoms with Crippen LogP contribution in [0.2, 0.25) is 0 Å². The normalized spacial score (nSPS) is 19.5. The molecule has 0 bridgehead atoms. The van der Waals surface area contributed by atoms with Crippen LogP contribution in [0.4, 0.5) is 0 Å². The summed E-state index contributed by atoms with van der Waals surface area (Å²) >= 11 is 0. The molecule has 1 unspecified atom stereocenters. The van der Waals surface area contributed by atoms with E-state index in [4.69, 9.17) is 5.73 Å². The molecule has 0 aromatic carbocycles. The maximum atomic E-state index is 5.74. The Kier molecular flexibility index (Phi) is 2.54. The molecular formula is C10H15N3. The molecule has 3 nitrogen and oxygen atoms in total. The van der Waals surface area contributed by atoms with Crippen molar-refractivity contribution in [1.82, 2.24) is 9.97 Å². The predicted molar refractivity (Wildman–Crippen MR) is 51.2 cm³/mol. The van der Waals surface area contributed by atoms with Crippen LogP contribution in [0, 0.1) is 5.92 Å². The summed E-state index contributed by atoms with van der Waals surface area (Å²) in [5.41, 5.74) is 5.74. The molecule has 1 aromatic heterocycles.